The van der Waals surface area contributed by atoms with E-state index in [9.17, 15) is 4.79 Å². The van der Waals surface area contributed by atoms with Crippen molar-refractivity contribution in [2.45, 2.75) is 51.5 Å². The van der Waals surface area contributed by atoms with E-state index >= 15 is 0 Å². The summed E-state index contributed by atoms with van der Waals surface area (Å²) in [5.74, 6) is 1.28. The molecule has 2 aromatic rings. The van der Waals surface area contributed by atoms with Gasteiger partial charge in [0.15, 0.2) is 0 Å². The first-order chi connectivity index (χ1) is 12.4. The van der Waals surface area contributed by atoms with Crippen LogP contribution in [0.15, 0.2) is 24.5 Å². The van der Waals surface area contributed by atoms with Crippen LogP contribution >= 0.6 is 0 Å². The van der Waals surface area contributed by atoms with Crippen molar-refractivity contribution in [1.82, 2.24) is 9.97 Å². The van der Waals surface area contributed by atoms with Crippen molar-refractivity contribution < 1.29 is 4.79 Å². The molecule has 2 fully saturated rings. The number of hydrogen-bond donors (Lipinski definition) is 1. The van der Waals surface area contributed by atoms with Crippen LogP contribution < -0.4 is 10.6 Å². The van der Waals surface area contributed by atoms with Gasteiger partial charge < -0.3 is 10.6 Å². The highest BCUT2D eigenvalue weighted by atomic mass is 16.1. The van der Waals surface area contributed by atoms with E-state index in [0.717, 1.165) is 54.6 Å². The number of piperidine rings is 1. The van der Waals surface area contributed by atoms with Gasteiger partial charge in [-0.25, -0.2) is 0 Å². The molecule has 5 heteroatoms. The van der Waals surface area contributed by atoms with Gasteiger partial charge in [0.05, 0.1) is 23.1 Å². The van der Waals surface area contributed by atoms with Gasteiger partial charge in [-0.3, -0.25) is 14.8 Å². The highest BCUT2D eigenvalue weighted by Gasteiger charge is 2.40. The van der Waals surface area contributed by atoms with E-state index in [2.05, 4.69) is 27.9 Å². The molecule has 0 unspecified atom stereocenters. The van der Waals surface area contributed by atoms with Crippen molar-refractivity contribution in [2.75, 3.05) is 18.0 Å². The van der Waals surface area contributed by atoms with Gasteiger partial charge in [-0.2, -0.15) is 0 Å². The summed E-state index contributed by atoms with van der Waals surface area (Å²) in [5, 5.41) is 1.15. The first-order valence-corrected chi connectivity index (χ1v) is 9.69. The molecule has 0 aromatic carbocycles. The van der Waals surface area contributed by atoms with Gasteiger partial charge in [-0.05, 0) is 50.2 Å². The van der Waals surface area contributed by atoms with E-state index in [4.69, 9.17) is 5.73 Å². The molecule has 1 saturated carbocycles. The van der Waals surface area contributed by atoms with Crippen LogP contribution in [0.1, 0.15) is 44.7 Å². The second-order valence-electron chi connectivity index (χ2n) is 8.52. The first kappa shape index (κ1) is 17.4. The summed E-state index contributed by atoms with van der Waals surface area (Å²) in [7, 11) is 0. The Hall–Kier alpha value is -2.01. The maximum absolute atomic E-state index is 12.5. The first-order valence-electron chi connectivity index (χ1n) is 9.69. The van der Waals surface area contributed by atoms with Gasteiger partial charge >= 0.3 is 0 Å². The smallest absolute Gasteiger partial charge is 0.135 e. The summed E-state index contributed by atoms with van der Waals surface area (Å²) in [4.78, 5) is 23.9. The average Bonchev–Trinajstić information content (AvgIpc) is 3.31. The Labute approximate surface area is 155 Å². The average molecular weight is 352 g/mol. The van der Waals surface area contributed by atoms with Gasteiger partial charge in [0, 0.05) is 43.1 Å². The number of carbonyl (C=O) groups excluding carboxylic acids is 1. The lowest BCUT2D eigenvalue weighted by Gasteiger charge is -2.38. The van der Waals surface area contributed by atoms with Crippen LogP contribution in [0.3, 0.4) is 0 Å². The number of rotatable bonds is 5. The van der Waals surface area contributed by atoms with Crippen LogP contribution in [-0.4, -0.2) is 34.4 Å². The molecule has 138 valence electrons. The molecule has 4 rings (SSSR count). The molecule has 1 aliphatic carbocycles. The summed E-state index contributed by atoms with van der Waals surface area (Å²) < 4.78 is 0. The molecule has 26 heavy (non-hydrogen) atoms. The van der Waals surface area contributed by atoms with E-state index in [1.807, 2.05) is 25.4 Å². The lowest BCUT2D eigenvalue weighted by atomic mass is 9.85. The van der Waals surface area contributed by atoms with Crippen molar-refractivity contribution >= 4 is 22.4 Å². The Kier molecular flexibility index (Phi) is 4.43. The molecule has 3 heterocycles. The number of aromatic nitrogens is 2. The summed E-state index contributed by atoms with van der Waals surface area (Å²) in [6.45, 7) is 6.18. The van der Waals surface area contributed by atoms with Crippen molar-refractivity contribution in [1.29, 1.82) is 0 Å². The minimum atomic E-state index is -0.181. The predicted molar refractivity (Wildman–Crippen MR) is 104 cm³/mol. The Balaban J connectivity index is 1.53. The highest BCUT2D eigenvalue weighted by molar-refractivity contribution is 5.92. The number of anilines is 1. The highest BCUT2D eigenvalue weighted by Crippen LogP contribution is 2.37. The molecular weight excluding hydrogens is 324 g/mol. The van der Waals surface area contributed by atoms with Crippen LogP contribution in [0.4, 0.5) is 5.69 Å². The molecule has 1 saturated heterocycles. The van der Waals surface area contributed by atoms with Crippen LogP contribution in [-0.2, 0) is 4.79 Å². The van der Waals surface area contributed by atoms with Crippen LogP contribution in [0.2, 0.25) is 0 Å². The molecule has 5 nitrogen and oxygen atoms in total. The lowest BCUT2D eigenvalue weighted by molar-refractivity contribution is -0.120. The second-order valence-corrected chi connectivity index (χ2v) is 8.52. The molecule has 1 aliphatic heterocycles. The van der Waals surface area contributed by atoms with Crippen LogP contribution in [0.25, 0.3) is 10.9 Å². The Morgan fingerprint density at radius 3 is 2.92 bits per heavy atom. The molecule has 2 N–H and O–H groups in total. The van der Waals surface area contributed by atoms with Crippen molar-refractivity contribution in [3.05, 3.63) is 30.2 Å². The molecular formula is C21H28N4O. The largest absolute Gasteiger partial charge is 0.369 e. The van der Waals surface area contributed by atoms with Gasteiger partial charge in [0.25, 0.3) is 0 Å². The summed E-state index contributed by atoms with van der Waals surface area (Å²) in [5.41, 5.74) is 9.01. The van der Waals surface area contributed by atoms with E-state index in [0.29, 0.717) is 30.5 Å². The van der Waals surface area contributed by atoms with Crippen molar-refractivity contribution in [3.8, 4) is 0 Å². The van der Waals surface area contributed by atoms with Gasteiger partial charge in [0.2, 0.25) is 0 Å². The SMILES string of the molecule is Cc1ncc(N2C[C@@H](C)C[C@@H](CC(=O)CC3(N)CC3)C2)c2cccnc12. The third kappa shape index (κ3) is 3.58. The number of Topliss-reactive ketones (excluding diaryl/α,β-unsaturated/α-hetero) is 1. The van der Waals surface area contributed by atoms with Crippen molar-refractivity contribution in [2.24, 2.45) is 17.6 Å². The number of aryl methyl sites for hydroxylation is 1. The quantitative estimate of drug-likeness (QED) is 0.894. The zero-order valence-corrected chi connectivity index (χ0v) is 15.7. The fourth-order valence-corrected chi connectivity index (χ4v) is 4.39. The third-order valence-electron chi connectivity index (χ3n) is 5.85. The molecule has 0 spiro atoms. The van der Waals surface area contributed by atoms with E-state index in [1.165, 1.54) is 0 Å². The predicted octanol–water partition coefficient (Wildman–Crippen LogP) is 3.24. The molecule has 2 aliphatic rings. The minimum Gasteiger partial charge on any atom is -0.369 e. The molecule has 0 bridgehead atoms. The number of pyridine rings is 2. The number of fused-ring (bicyclic) bond motifs is 1. The maximum Gasteiger partial charge on any atom is 0.135 e. The summed E-state index contributed by atoms with van der Waals surface area (Å²) in [6, 6.07) is 4.10. The van der Waals surface area contributed by atoms with E-state index in [1.54, 1.807) is 0 Å². The summed E-state index contributed by atoms with van der Waals surface area (Å²) >= 11 is 0. The molecule has 2 aromatic heterocycles. The zero-order valence-electron chi connectivity index (χ0n) is 15.7. The maximum atomic E-state index is 12.5. The summed E-state index contributed by atoms with van der Waals surface area (Å²) in [6.07, 6.45) is 8.10. The topological polar surface area (TPSA) is 72.1 Å². The van der Waals surface area contributed by atoms with Crippen LogP contribution in [0.5, 0.6) is 0 Å². The molecule has 0 amide bonds. The standard InChI is InChI=1S/C21H28N4O/c1-14-8-16(9-17(26)10-21(22)5-6-21)13-25(12-14)19-11-24-15(2)20-18(19)4-3-7-23-20/h3-4,7,11,14,16H,5-6,8-10,12-13,22H2,1-2H3/t14-,16-/m0/s1. The number of nitrogens with two attached hydrogens (primary N) is 1. The number of carbonyl (C=O) groups is 1. The Morgan fingerprint density at radius 1 is 1.35 bits per heavy atom. The van der Waals surface area contributed by atoms with E-state index < -0.39 is 0 Å². The second kappa shape index (κ2) is 6.62. The minimum absolute atomic E-state index is 0.181. The number of nitrogens with zero attached hydrogens (tertiary/aromatic N) is 3. The Bertz CT molecular complexity index is 830. The fraction of sp³-hybridized carbons (Fsp3) is 0.571. The van der Waals surface area contributed by atoms with Gasteiger partial charge in [-0.15, -0.1) is 0 Å². The van der Waals surface area contributed by atoms with Gasteiger partial charge in [0.1, 0.15) is 5.78 Å². The van der Waals surface area contributed by atoms with E-state index in [-0.39, 0.29) is 5.54 Å². The molecule has 2 atom stereocenters. The Morgan fingerprint density at radius 2 is 2.15 bits per heavy atom. The lowest BCUT2D eigenvalue weighted by Crippen LogP contribution is -2.41. The van der Waals surface area contributed by atoms with Gasteiger partial charge in [-0.1, -0.05) is 6.92 Å². The van der Waals surface area contributed by atoms with Crippen molar-refractivity contribution in [3.63, 3.8) is 0 Å². The number of ketones is 1. The third-order valence-corrected chi connectivity index (χ3v) is 5.85. The normalized spacial score (nSPS) is 24.7. The fourth-order valence-electron chi connectivity index (χ4n) is 4.39. The monoisotopic (exact) mass is 352 g/mol. The zero-order chi connectivity index (χ0) is 18.3. The number of hydrogen-bond acceptors (Lipinski definition) is 5. The van der Waals surface area contributed by atoms with Crippen LogP contribution in [0, 0.1) is 18.8 Å². The molecule has 0 radical (unpaired) electrons.